The van der Waals surface area contributed by atoms with E-state index in [9.17, 15) is 4.39 Å². The maximum absolute atomic E-state index is 13.7. The third kappa shape index (κ3) is 1.44. The minimum atomic E-state index is -0.246. The molecule has 16 heavy (non-hydrogen) atoms. The van der Waals surface area contributed by atoms with E-state index in [1.807, 2.05) is 12.3 Å². The normalized spacial score (nSPS) is 21.4. The molecule has 0 aliphatic carbocycles. The van der Waals surface area contributed by atoms with Gasteiger partial charge < -0.3 is 4.74 Å². The summed E-state index contributed by atoms with van der Waals surface area (Å²) in [5.74, 6) is -0.246. The van der Waals surface area contributed by atoms with E-state index < -0.39 is 0 Å². The maximum atomic E-state index is 13.7. The summed E-state index contributed by atoms with van der Waals surface area (Å²) < 4.78 is 19.9. The molecular formula is C12H11BrFNO. The molecule has 2 aliphatic heterocycles. The van der Waals surface area contributed by atoms with E-state index in [-0.39, 0.29) is 11.2 Å². The van der Waals surface area contributed by atoms with Crippen molar-refractivity contribution in [1.82, 2.24) is 0 Å². The predicted octanol–water partition coefficient (Wildman–Crippen LogP) is 3.35. The van der Waals surface area contributed by atoms with E-state index in [2.05, 4.69) is 20.9 Å². The third-order valence-electron chi connectivity index (χ3n) is 3.39. The van der Waals surface area contributed by atoms with Crippen molar-refractivity contribution in [2.24, 2.45) is 4.99 Å². The van der Waals surface area contributed by atoms with Crippen LogP contribution in [-0.2, 0) is 10.2 Å². The summed E-state index contributed by atoms with van der Waals surface area (Å²) in [4.78, 5) is 4.24. The first-order chi connectivity index (χ1) is 7.71. The Morgan fingerprint density at radius 1 is 1.31 bits per heavy atom. The summed E-state index contributed by atoms with van der Waals surface area (Å²) in [6.45, 7) is 1.44. The van der Waals surface area contributed by atoms with Gasteiger partial charge in [0.1, 0.15) is 11.5 Å². The second kappa shape index (κ2) is 3.64. The van der Waals surface area contributed by atoms with Gasteiger partial charge in [-0.1, -0.05) is 15.9 Å². The fraction of sp³-hybridized carbons (Fsp3) is 0.417. The van der Waals surface area contributed by atoms with Crippen LogP contribution in [0, 0.1) is 5.82 Å². The van der Waals surface area contributed by atoms with Gasteiger partial charge in [-0.05, 0) is 30.5 Å². The Balaban J connectivity index is 2.13. The maximum Gasteiger partial charge on any atom is 0.150 e. The van der Waals surface area contributed by atoms with Crippen molar-refractivity contribution in [2.45, 2.75) is 18.3 Å². The zero-order valence-corrected chi connectivity index (χ0v) is 10.3. The first-order valence-corrected chi connectivity index (χ1v) is 6.13. The SMILES string of the molecule is Fc1cc(Br)cc2c1N=CC21CCOCC1. The first-order valence-electron chi connectivity index (χ1n) is 5.34. The summed E-state index contributed by atoms with van der Waals surface area (Å²) in [5.41, 5.74) is 1.41. The minimum Gasteiger partial charge on any atom is -0.381 e. The summed E-state index contributed by atoms with van der Waals surface area (Å²) in [7, 11) is 0. The number of rotatable bonds is 0. The molecule has 0 radical (unpaired) electrons. The van der Waals surface area contributed by atoms with Crippen molar-refractivity contribution >= 4 is 27.8 Å². The smallest absolute Gasteiger partial charge is 0.150 e. The number of fused-ring (bicyclic) bond motifs is 2. The quantitative estimate of drug-likeness (QED) is 0.716. The average molecular weight is 284 g/mol. The van der Waals surface area contributed by atoms with Crippen LogP contribution in [0.15, 0.2) is 21.6 Å². The van der Waals surface area contributed by atoms with Gasteiger partial charge >= 0.3 is 0 Å². The summed E-state index contributed by atoms with van der Waals surface area (Å²) in [6, 6.07) is 3.45. The lowest BCUT2D eigenvalue weighted by atomic mass is 9.76. The zero-order chi connectivity index (χ0) is 11.2. The highest BCUT2D eigenvalue weighted by atomic mass is 79.9. The molecule has 0 N–H and O–H groups in total. The fourth-order valence-electron chi connectivity index (χ4n) is 2.47. The Morgan fingerprint density at radius 3 is 2.81 bits per heavy atom. The lowest BCUT2D eigenvalue weighted by Gasteiger charge is -2.31. The van der Waals surface area contributed by atoms with Crippen molar-refractivity contribution in [3.8, 4) is 0 Å². The molecule has 0 amide bonds. The second-order valence-electron chi connectivity index (χ2n) is 4.31. The van der Waals surface area contributed by atoms with E-state index in [0.717, 1.165) is 36.1 Å². The van der Waals surface area contributed by atoms with Crippen LogP contribution in [0.2, 0.25) is 0 Å². The number of benzene rings is 1. The molecule has 1 spiro atoms. The standard InChI is InChI=1S/C12H11BrFNO/c13-8-5-9-11(10(14)6-8)15-7-12(9)1-3-16-4-2-12/h5-7H,1-4H2. The highest BCUT2D eigenvalue weighted by molar-refractivity contribution is 9.10. The first kappa shape index (κ1) is 10.4. The average Bonchev–Trinajstić information content (AvgIpc) is 2.59. The molecule has 0 saturated carbocycles. The van der Waals surface area contributed by atoms with Gasteiger partial charge in [0.2, 0.25) is 0 Å². The number of nitrogens with zero attached hydrogens (tertiary/aromatic N) is 1. The molecule has 4 heteroatoms. The third-order valence-corrected chi connectivity index (χ3v) is 3.85. The molecule has 2 nitrogen and oxygen atoms in total. The van der Waals surface area contributed by atoms with Gasteiger partial charge in [0.15, 0.2) is 0 Å². The van der Waals surface area contributed by atoms with E-state index in [1.165, 1.54) is 6.07 Å². The van der Waals surface area contributed by atoms with Crippen molar-refractivity contribution in [2.75, 3.05) is 13.2 Å². The molecule has 0 unspecified atom stereocenters. The zero-order valence-electron chi connectivity index (χ0n) is 8.67. The van der Waals surface area contributed by atoms with Gasteiger partial charge in [-0.15, -0.1) is 0 Å². The number of hydrogen-bond acceptors (Lipinski definition) is 2. The van der Waals surface area contributed by atoms with Crippen LogP contribution >= 0.6 is 15.9 Å². The Labute approximate surface area is 102 Å². The van der Waals surface area contributed by atoms with E-state index in [1.54, 1.807) is 0 Å². The fourth-order valence-corrected chi connectivity index (χ4v) is 2.90. The van der Waals surface area contributed by atoms with Crippen LogP contribution in [0.1, 0.15) is 18.4 Å². The molecule has 2 heterocycles. The van der Waals surface area contributed by atoms with Crippen molar-refractivity contribution < 1.29 is 9.13 Å². The molecule has 2 aliphatic rings. The molecule has 1 saturated heterocycles. The topological polar surface area (TPSA) is 21.6 Å². The molecule has 0 bridgehead atoms. The lowest BCUT2D eigenvalue weighted by Crippen LogP contribution is -2.33. The highest BCUT2D eigenvalue weighted by Crippen LogP contribution is 2.45. The molecule has 3 rings (SSSR count). The van der Waals surface area contributed by atoms with Crippen molar-refractivity contribution in [1.29, 1.82) is 0 Å². The van der Waals surface area contributed by atoms with Gasteiger partial charge in [-0.25, -0.2) is 4.39 Å². The van der Waals surface area contributed by atoms with Crippen LogP contribution in [0.5, 0.6) is 0 Å². The van der Waals surface area contributed by atoms with Gasteiger partial charge in [0, 0.05) is 29.3 Å². The van der Waals surface area contributed by atoms with E-state index >= 15 is 0 Å². The Morgan fingerprint density at radius 2 is 2.06 bits per heavy atom. The van der Waals surface area contributed by atoms with Gasteiger partial charge in [0.05, 0.1) is 0 Å². The minimum absolute atomic E-state index is 0.0990. The molecule has 84 valence electrons. The molecule has 0 atom stereocenters. The molecule has 1 fully saturated rings. The second-order valence-corrected chi connectivity index (χ2v) is 5.23. The number of ether oxygens (including phenoxy) is 1. The monoisotopic (exact) mass is 283 g/mol. The van der Waals surface area contributed by atoms with Crippen LogP contribution < -0.4 is 0 Å². The van der Waals surface area contributed by atoms with Crippen molar-refractivity contribution in [3.63, 3.8) is 0 Å². The Kier molecular flexibility index (Phi) is 2.37. The predicted molar refractivity (Wildman–Crippen MR) is 64.0 cm³/mol. The number of hydrogen-bond donors (Lipinski definition) is 0. The molecule has 1 aromatic rings. The van der Waals surface area contributed by atoms with Gasteiger partial charge in [0.25, 0.3) is 0 Å². The van der Waals surface area contributed by atoms with E-state index in [4.69, 9.17) is 4.74 Å². The summed E-state index contributed by atoms with van der Waals surface area (Å²) in [6.07, 6.45) is 3.68. The highest BCUT2D eigenvalue weighted by Gasteiger charge is 2.39. The van der Waals surface area contributed by atoms with Crippen LogP contribution in [-0.4, -0.2) is 19.4 Å². The summed E-state index contributed by atoms with van der Waals surface area (Å²) >= 11 is 3.34. The molecule has 1 aromatic carbocycles. The van der Waals surface area contributed by atoms with Gasteiger partial charge in [-0.3, -0.25) is 4.99 Å². The van der Waals surface area contributed by atoms with Gasteiger partial charge in [-0.2, -0.15) is 0 Å². The number of halogens is 2. The Hall–Kier alpha value is -0.740. The van der Waals surface area contributed by atoms with Crippen LogP contribution in [0.25, 0.3) is 0 Å². The molecule has 0 aromatic heterocycles. The number of aliphatic imine (C=N–C) groups is 1. The van der Waals surface area contributed by atoms with E-state index in [0.29, 0.717) is 5.69 Å². The van der Waals surface area contributed by atoms with Crippen LogP contribution in [0.3, 0.4) is 0 Å². The molecular weight excluding hydrogens is 273 g/mol. The Bertz CT molecular complexity index is 466. The van der Waals surface area contributed by atoms with Crippen molar-refractivity contribution in [3.05, 3.63) is 28.0 Å². The largest absolute Gasteiger partial charge is 0.381 e. The summed E-state index contributed by atoms with van der Waals surface area (Å²) in [5, 5.41) is 0. The lowest BCUT2D eigenvalue weighted by molar-refractivity contribution is 0.0729. The van der Waals surface area contributed by atoms with Crippen LogP contribution in [0.4, 0.5) is 10.1 Å².